The van der Waals surface area contributed by atoms with Crippen molar-refractivity contribution in [3.05, 3.63) is 28.3 Å². The van der Waals surface area contributed by atoms with E-state index in [0.29, 0.717) is 17.0 Å². The first-order valence-electron chi connectivity index (χ1n) is 6.52. The molecule has 0 spiro atoms. The highest BCUT2D eigenvalue weighted by molar-refractivity contribution is 7.99. The Labute approximate surface area is 117 Å². The molecule has 0 aliphatic heterocycles. The Morgan fingerprint density at radius 3 is 3.00 bits per heavy atom. The second-order valence-electron chi connectivity index (χ2n) is 4.73. The minimum absolute atomic E-state index is 0.00547. The number of benzene rings is 1. The molecule has 0 heterocycles. The summed E-state index contributed by atoms with van der Waals surface area (Å²) >= 11 is 1.97. The van der Waals surface area contributed by atoms with Gasteiger partial charge in [0.15, 0.2) is 0 Å². The molecule has 0 saturated heterocycles. The smallest absolute Gasteiger partial charge is 0.314 e. The highest BCUT2D eigenvalue weighted by atomic mass is 32.2. The molecule has 1 aromatic carbocycles. The lowest BCUT2D eigenvalue weighted by atomic mass is 10.2. The molecule has 5 nitrogen and oxygen atoms in total. The third-order valence-electron chi connectivity index (χ3n) is 3.40. The Morgan fingerprint density at radius 2 is 2.32 bits per heavy atom. The molecule has 0 radical (unpaired) electrons. The fraction of sp³-hybridized carbons (Fsp3) is 0.538. The highest BCUT2D eigenvalue weighted by Gasteiger charge is 2.27. The van der Waals surface area contributed by atoms with Gasteiger partial charge in [0.2, 0.25) is 0 Å². The van der Waals surface area contributed by atoms with Gasteiger partial charge in [-0.15, -0.1) is 0 Å². The quantitative estimate of drug-likeness (QED) is 0.492. The summed E-state index contributed by atoms with van der Waals surface area (Å²) in [4.78, 5) is 10.7. The van der Waals surface area contributed by atoms with Crippen LogP contribution in [-0.2, 0) is 0 Å². The van der Waals surface area contributed by atoms with Gasteiger partial charge in [-0.3, -0.25) is 10.1 Å². The van der Waals surface area contributed by atoms with Crippen molar-refractivity contribution in [1.29, 1.82) is 0 Å². The van der Waals surface area contributed by atoms with Crippen molar-refractivity contribution >= 4 is 28.8 Å². The summed E-state index contributed by atoms with van der Waals surface area (Å²) < 4.78 is 0. The van der Waals surface area contributed by atoms with Crippen LogP contribution in [0.5, 0.6) is 0 Å². The van der Waals surface area contributed by atoms with Crippen molar-refractivity contribution in [3.8, 4) is 0 Å². The van der Waals surface area contributed by atoms with Crippen LogP contribution in [0.15, 0.2) is 18.2 Å². The van der Waals surface area contributed by atoms with E-state index < -0.39 is 4.92 Å². The number of nitrogen functional groups attached to an aromatic ring is 1. The van der Waals surface area contributed by atoms with E-state index in [1.807, 2.05) is 11.8 Å². The monoisotopic (exact) mass is 281 g/mol. The van der Waals surface area contributed by atoms with Gasteiger partial charge in [-0.2, -0.15) is 11.8 Å². The molecule has 1 aliphatic carbocycles. The van der Waals surface area contributed by atoms with Crippen molar-refractivity contribution < 1.29 is 4.92 Å². The van der Waals surface area contributed by atoms with Crippen LogP contribution in [-0.4, -0.2) is 22.0 Å². The first kappa shape index (κ1) is 14.0. The average Bonchev–Trinajstić information content (AvgIpc) is 2.76. The standard InChI is InChI=1S/C13H19N3O2S/c1-2-19-10-7-6-9(8-10)15-12-5-3-4-11(14)13(12)16(17)18/h3-5,9-10,15H,2,6-8,14H2,1H3. The van der Waals surface area contributed by atoms with Crippen LogP contribution >= 0.6 is 11.8 Å². The summed E-state index contributed by atoms with van der Waals surface area (Å²) in [5.41, 5.74) is 6.43. The van der Waals surface area contributed by atoms with E-state index in [2.05, 4.69) is 12.2 Å². The minimum Gasteiger partial charge on any atom is -0.393 e. The number of nitrogens with two attached hydrogens (primary N) is 1. The summed E-state index contributed by atoms with van der Waals surface area (Å²) in [6, 6.07) is 5.35. The van der Waals surface area contributed by atoms with Gasteiger partial charge >= 0.3 is 5.69 Å². The Hall–Kier alpha value is -1.43. The zero-order valence-corrected chi connectivity index (χ0v) is 11.8. The lowest BCUT2D eigenvalue weighted by Crippen LogP contribution is -2.17. The third-order valence-corrected chi connectivity index (χ3v) is 4.63. The summed E-state index contributed by atoms with van der Waals surface area (Å²) in [5.74, 6) is 1.12. The maximum Gasteiger partial charge on any atom is 0.314 e. The van der Waals surface area contributed by atoms with Gasteiger partial charge in [-0.1, -0.05) is 13.0 Å². The predicted octanol–water partition coefficient (Wildman–Crippen LogP) is 3.26. The summed E-state index contributed by atoms with van der Waals surface area (Å²) in [6.45, 7) is 2.16. The molecule has 3 N–H and O–H groups in total. The Morgan fingerprint density at radius 1 is 1.53 bits per heavy atom. The topological polar surface area (TPSA) is 81.2 Å². The van der Waals surface area contributed by atoms with Crippen LogP contribution in [0.2, 0.25) is 0 Å². The van der Waals surface area contributed by atoms with Gasteiger partial charge in [-0.05, 0) is 37.1 Å². The average molecular weight is 281 g/mol. The fourth-order valence-electron chi connectivity index (χ4n) is 2.56. The number of para-hydroxylation sites is 1. The molecule has 2 rings (SSSR count). The summed E-state index contributed by atoms with van der Waals surface area (Å²) in [7, 11) is 0. The van der Waals surface area contributed by atoms with E-state index in [9.17, 15) is 10.1 Å². The van der Waals surface area contributed by atoms with Gasteiger partial charge in [0.1, 0.15) is 11.4 Å². The molecule has 104 valence electrons. The molecule has 2 atom stereocenters. The van der Waals surface area contributed by atoms with E-state index >= 15 is 0 Å². The largest absolute Gasteiger partial charge is 0.393 e. The summed E-state index contributed by atoms with van der Waals surface area (Å²) in [5, 5.41) is 15.0. The van der Waals surface area contributed by atoms with Crippen molar-refractivity contribution in [2.75, 3.05) is 16.8 Å². The second kappa shape index (κ2) is 6.14. The number of nitrogens with one attached hydrogen (secondary N) is 1. The molecule has 0 amide bonds. The maximum absolute atomic E-state index is 11.1. The van der Waals surface area contributed by atoms with Gasteiger partial charge in [0.05, 0.1) is 4.92 Å². The number of nitro benzene ring substituents is 1. The predicted molar refractivity (Wildman–Crippen MR) is 80.7 cm³/mol. The van der Waals surface area contributed by atoms with Crippen LogP contribution in [0.1, 0.15) is 26.2 Å². The molecule has 1 saturated carbocycles. The highest BCUT2D eigenvalue weighted by Crippen LogP contribution is 2.35. The molecule has 0 bridgehead atoms. The van der Waals surface area contributed by atoms with Gasteiger partial charge in [-0.25, -0.2) is 0 Å². The van der Waals surface area contributed by atoms with Crippen LogP contribution in [0.4, 0.5) is 17.1 Å². The number of thioether (sulfide) groups is 1. The number of anilines is 2. The third kappa shape index (κ3) is 3.32. The van der Waals surface area contributed by atoms with Crippen molar-refractivity contribution in [3.63, 3.8) is 0 Å². The van der Waals surface area contributed by atoms with Crippen LogP contribution in [0, 0.1) is 10.1 Å². The normalized spacial score (nSPS) is 22.4. The SMILES string of the molecule is CCSC1CCC(Nc2cccc(N)c2[N+](=O)[O-])C1. The molecule has 2 unspecified atom stereocenters. The van der Waals surface area contributed by atoms with Crippen LogP contribution in [0.25, 0.3) is 0 Å². The first-order chi connectivity index (χ1) is 9.11. The van der Waals surface area contributed by atoms with Gasteiger partial charge in [0.25, 0.3) is 0 Å². The molecule has 0 aromatic heterocycles. The zero-order chi connectivity index (χ0) is 13.8. The van der Waals surface area contributed by atoms with Crippen molar-refractivity contribution in [1.82, 2.24) is 0 Å². The maximum atomic E-state index is 11.1. The van der Waals surface area contributed by atoms with E-state index in [-0.39, 0.29) is 11.4 Å². The Bertz CT molecular complexity index is 467. The molecule has 1 aliphatic rings. The molecular formula is C13H19N3O2S. The molecule has 19 heavy (non-hydrogen) atoms. The van der Waals surface area contributed by atoms with E-state index in [1.165, 1.54) is 6.42 Å². The second-order valence-corrected chi connectivity index (χ2v) is 6.31. The Kier molecular flexibility index (Phi) is 4.52. The number of hydrogen-bond acceptors (Lipinski definition) is 5. The number of nitro groups is 1. The molecule has 1 aromatic rings. The van der Waals surface area contributed by atoms with Gasteiger partial charge in [0, 0.05) is 11.3 Å². The fourth-order valence-corrected chi connectivity index (χ4v) is 3.70. The molecule has 1 fully saturated rings. The molecule has 6 heteroatoms. The van der Waals surface area contributed by atoms with Crippen LogP contribution in [0.3, 0.4) is 0 Å². The number of hydrogen-bond donors (Lipinski definition) is 2. The van der Waals surface area contributed by atoms with E-state index in [4.69, 9.17) is 5.73 Å². The van der Waals surface area contributed by atoms with Gasteiger partial charge < -0.3 is 11.1 Å². The first-order valence-corrected chi connectivity index (χ1v) is 7.57. The van der Waals surface area contributed by atoms with E-state index in [0.717, 1.165) is 18.6 Å². The number of rotatable bonds is 5. The Balaban J connectivity index is 2.08. The lowest BCUT2D eigenvalue weighted by Gasteiger charge is -2.15. The van der Waals surface area contributed by atoms with Crippen molar-refractivity contribution in [2.45, 2.75) is 37.5 Å². The number of nitrogens with zero attached hydrogens (tertiary/aromatic N) is 1. The zero-order valence-electron chi connectivity index (χ0n) is 11.0. The lowest BCUT2D eigenvalue weighted by molar-refractivity contribution is -0.383. The van der Waals surface area contributed by atoms with Crippen molar-refractivity contribution in [2.24, 2.45) is 0 Å². The summed E-state index contributed by atoms with van der Waals surface area (Å²) in [6.07, 6.45) is 3.29. The van der Waals surface area contributed by atoms with E-state index in [1.54, 1.807) is 18.2 Å². The molecular weight excluding hydrogens is 262 g/mol. The minimum atomic E-state index is -0.412. The van der Waals surface area contributed by atoms with Crippen LogP contribution < -0.4 is 11.1 Å².